The predicted octanol–water partition coefficient (Wildman–Crippen LogP) is 5.72. The Morgan fingerprint density at radius 1 is 1.04 bits per heavy atom. The van der Waals surface area contributed by atoms with Gasteiger partial charge in [-0.05, 0) is 66.4 Å². The van der Waals surface area contributed by atoms with E-state index < -0.39 is 0 Å². The van der Waals surface area contributed by atoms with Crippen LogP contribution in [0, 0.1) is 0 Å². The number of carbonyl (C=O) groups excluding carboxylic acids is 1. The van der Waals surface area contributed by atoms with Crippen molar-refractivity contribution in [1.82, 2.24) is 0 Å². The second-order valence-corrected chi connectivity index (χ2v) is 8.47. The molecule has 24 heavy (non-hydrogen) atoms. The van der Waals surface area contributed by atoms with Crippen LogP contribution in [-0.2, 0) is 11.2 Å². The summed E-state index contributed by atoms with van der Waals surface area (Å²) in [6.45, 7) is 2.14. The highest BCUT2D eigenvalue weighted by atomic mass is 32.2. The Bertz CT molecular complexity index is 849. The Kier molecular flexibility index (Phi) is 4.38. The molecule has 0 amide bonds. The lowest BCUT2D eigenvalue weighted by Crippen LogP contribution is -2.16. The summed E-state index contributed by atoms with van der Waals surface area (Å²) < 4.78 is 0. The molecule has 1 nitrogen and oxygen atoms in total. The number of benzene rings is 2. The molecule has 2 aromatic rings. The van der Waals surface area contributed by atoms with Crippen molar-refractivity contribution in [3.63, 3.8) is 0 Å². The molecule has 0 N–H and O–H groups in total. The normalized spacial score (nSPS) is 19.4. The maximum Gasteiger partial charge on any atom is 0.221 e. The molecule has 4 rings (SSSR count). The minimum Gasteiger partial charge on any atom is -0.282 e. The van der Waals surface area contributed by atoms with Gasteiger partial charge in [-0.2, -0.15) is 0 Å². The minimum atomic E-state index is 0.173. The lowest BCUT2D eigenvalue weighted by molar-refractivity contribution is -0.107. The van der Waals surface area contributed by atoms with E-state index in [9.17, 15) is 4.79 Å². The topological polar surface area (TPSA) is 17.1 Å². The molecule has 0 fully saturated rings. The van der Waals surface area contributed by atoms with Gasteiger partial charge in [0, 0.05) is 20.6 Å². The zero-order chi connectivity index (χ0) is 16.5. The van der Waals surface area contributed by atoms with E-state index in [1.807, 2.05) is 42.1 Å². The first-order chi connectivity index (χ1) is 11.7. The van der Waals surface area contributed by atoms with Crippen molar-refractivity contribution in [2.75, 3.05) is 0 Å². The number of carbonyl (C=O) groups is 1. The van der Waals surface area contributed by atoms with Crippen LogP contribution in [0.5, 0.6) is 0 Å². The fourth-order valence-corrected chi connectivity index (χ4v) is 5.45. The predicted molar refractivity (Wildman–Crippen MR) is 104 cm³/mol. The highest BCUT2D eigenvalue weighted by Gasteiger charge is 2.29. The average Bonchev–Trinajstić information content (AvgIpc) is 2.62. The molecule has 3 heteroatoms. The lowest BCUT2D eigenvalue weighted by Gasteiger charge is -2.29. The summed E-state index contributed by atoms with van der Waals surface area (Å²) in [4.78, 5) is 15.1. The summed E-state index contributed by atoms with van der Waals surface area (Å²) in [5.74, 6) is 0. The standard InChI is InChI=1S/C21H18OS2/c1-14-19(21(22)24-17-8-3-2-4-9-17)13-16-12-11-15-7-5-6-10-18(15)20(16)23-14/h2-10,13-14H,11-12H2,1H3. The van der Waals surface area contributed by atoms with Crippen LogP contribution in [0.3, 0.4) is 0 Å². The largest absolute Gasteiger partial charge is 0.282 e. The van der Waals surface area contributed by atoms with Crippen LogP contribution < -0.4 is 0 Å². The van der Waals surface area contributed by atoms with Crippen LogP contribution in [0.4, 0.5) is 0 Å². The van der Waals surface area contributed by atoms with E-state index in [0.717, 1.165) is 23.3 Å². The molecular weight excluding hydrogens is 332 g/mol. The first-order valence-electron chi connectivity index (χ1n) is 8.19. The third kappa shape index (κ3) is 2.99. The molecular formula is C21H18OS2. The third-order valence-corrected chi connectivity index (χ3v) is 6.72. The third-order valence-electron chi connectivity index (χ3n) is 4.47. The van der Waals surface area contributed by atoms with Gasteiger partial charge in [0.1, 0.15) is 0 Å². The second kappa shape index (κ2) is 6.66. The van der Waals surface area contributed by atoms with Crippen molar-refractivity contribution in [2.45, 2.75) is 29.9 Å². The van der Waals surface area contributed by atoms with Crippen molar-refractivity contribution in [2.24, 2.45) is 0 Å². The van der Waals surface area contributed by atoms with Crippen molar-refractivity contribution in [3.05, 3.63) is 82.9 Å². The Labute approximate surface area is 151 Å². The SMILES string of the molecule is CC1SC2=C(C=C1C(=O)Sc1ccccc1)CCc1ccccc12. The van der Waals surface area contributed by atoms with Gasteiger partial charge in [0.2, 0.25) is 5.12 Å². The zero-order valence-corrected chi connectivity index (χ0v) is 15.1. The first kappa shape index (κ1) is 15.8. The van der Waals surface area contributed by atoms with Gasteiger partial charge in [-0.15, -0.1) is 11.8 Å². The van der Waals surface area contributed by atoms with Crippen LogP contribution >= 0.6 is 23.5 Å². The van der Waals surface area contributed by atoms with Gasteiger partial charge in [0.25, 0.3) is 0 Å². The van der Waals surface area contributed by atoms with Gasteiger partial charge in [-0.1, -0.05) is 42.5 Å². The van der Waals surface area contributed by atoms with E-state index in [1.165, 1.54) is 33.4 Å². The van der Waals surface area contributed by atoms with Crippen molar-refractivity contribution in [1.29, 1.82) is 0 Å². The quantitative estimate of drug-likeness (QED) is 0.644. The summed E-state index contributed by atoms with van der Waals surface area (Å²) >= 11 is 3.17. The fourth-order valence-electron chi connectivity index (χ4n) is 3.22. The molecule has 0 aromatic heterocycles. The fraction of sp³-hybridized carbons (Fsp3) is 0.190. The van der Waals surface area contributed by atoms with Gasteiger partial charge in [0.15, 0.2) is 0 Å². The Hall–Kier alpha value is -1.71. The minimum absolute atomic E-state index is 0.173. The molecule has 1 aliphatic carbocycles. The molecule has 2 aliphatic rings. The van der Waals surface area contributed by atoms with E-state index in [0.29, 0.717) is 0 Å². The summed E-state index contributed by atoms with van der Waals surface area (Å²) in [5.41, 5.74) is 5.05. The number of aryl methyl sites for hydroxylation is 1. The molecule has 1 unspecified atom stereocenters. The van der Waals surface area contributed by atoms with Crippen molar-refractivity contribution in [3.8, 4) is 0 Å². The monoisotopic (exact) mass is 350 g/mol. The number of hydrogen-bond acceptors (Lipinski definition) is 3. The number of hydrogen-bond donors (Lipinski definition) is 0. The zero-order valence-electron chi connectivity index (χ0n) is 13.5. The van der Waals surface area contributed by atoms with Crippen LogP contribution in [0.15, 0.2) is 76.7 Å². The smallest absolute Gasteiger partial charge is 0.221 e. The van der Waals surface area contributed by atoms with Crippen molar-refractivity contribution < 1.29 is 4.79 Å². The number of allylic oxidation sites excluding steroid dienone is 2. The van der Waals surface area contributed by atoms with Gasteiger partial charge in [-0.25, -0.2) is 0 Å². The number of fused-ring (bicyclic) bond motifs is 2. The Morgan fingerprint density at radius 3 is 2.62 bits per heavy atom. The summed E-state index contributed by atoms with van der Waals surface area (Å²) in [6, 6.07) is 18.6. The van der Waals surface area contributed by atoms with Gasteiger partial charge >= 0.3 is 0 Å². The molecule has 0 radical (unpaired) electrons. The highest BCUT2D eigenvalue weighted by molar-refractivity contribution is 8.14. The van der Waals surface area contributed by atoms with Crippen LogP contribution in [0.1, 0.15) is 24.5 Å². The second-order valence-electron chi connectivity index (χ2n) is 6.07. The average molecular weight is 351 g/mol. The molecule has 0 saturated heterocycles. The van der Waals surface area contributed by atoms with Crippen LogP contribution in [0.25, 0.3) is 4.91 Å². The van der Waals surface area contributed by atoms with Gasteiger partial charge in [0.05, 0.1) is 0 Å². The highest BCUT2D eigenvalue weighted by Crippen LogP contribution is 2.47. The van der Waals surface area contributed by atoms with E-state index in [-0.39, 0.29) is 10.4 Å². The van der Waals surface area contributed by atoms with E-state index in [1.54, 1.807) is 0 Å². The van der Waals surface area contributed by atoms with Crippen LogP contribution in [-0.4, -0.2) is 10.4 Å². The molecule has 0 bridgehead atoms. The van der Waals surface area contributed by atoms with Crippen LogP contribution in [0.2, 0.25) is 0 Å². The summed E-state index contributed by atoms with van der Waals surface area (Å²) in [5, 5.41) is 0.366. The van der Waals surface area contributed by atoms with Crippen molar-refractivity contribution >= 4 is 33.5 Å². The molecule has 0 saturated carbocycles. The number of rotatable bonds is 2. The molecule has 1 aliphatic heterocycles. The molecule has 1 atom stereocenters. The molecule has 1 heterocycles. The number of thioether (sulfide) groups is 2. The van der Waals surface area contributed by atoms with E-state index in [4.69, 9.17) is 0 Å². The lowest BCUT2D eigenvalue weighted by atomic mass is 9.90. The van der Waals surface area contributed by atoms with Gasteiger partial charge in [-0.3, -0.25) is 4.79 Å². The molecule has 120 valence electrons. The summed E-state index contributed by atoms with van der Waals surface area (Å²) in [6.07, 6.45) is 4.25. The first-order valence-corrected chi connectivity index (χ1v) is 9.89. The Balaban J connectivity index is 1.65. The van der Waals surface area contributed by atoms with Gasteiger partial charge < -0.3 is 0 Å². The van der Waals surface area contributed by atoms with E-state index >= 15 is 0 Å². The molecule has 0 spiro atoms. The Morgan fingerprint density at radius 2 is 1.79 bits per heavy atom. The molecule has 2 aromatic carbocycles. The maximum absolute atomic E-state index is 12.8. The maximum atomic E-state index is 12.8. The van der Waals surface area contributed by atoms with E-state index in [2.05, 4.69) is 37.3 Å². The summed E-state index contributed by atoms with van der Waals surface area (Å²) in [7, 11) is 0.